The van der Waals surface area contributed by atoms with Crippen LogP contribution in [0.3, 0.4) is 0 Å². The molecule has 2 aromatic rings. The van der Waals surface area contributed by atoms with Crippen molar-refractivity contribution in [2.75, 3.05) is 11.9 Å². The predicted octanol–water partition coefficient (Wildman–Crippen LogP) is 2.35. The van der Waals surface area contributed by atoms with Crippen LogP contribution in [0.2, 0.25) is 0 Å². The van der Waals surface area contributed by atoms with Crippen LogP contribution in [-0.4, -0.2) is 22.3 Å². The molecule has 0 aliphatic carbocycles. The van der Waals surface area contributed by atoms with Crippen LogP contribution in [0.25, 0.3) is 10.6 Å². The van der Waals surface area contributed by atoms with E-state index in [0.717, 1.165) is 16.4 Å². The Morgan fingerprint density at radius 1 is 1.29 bits per heavy atom. The van der Waals surface area contributed by atoms with Gasteiger partial charge in [0.05, 0.1) is 4.88 Å². The van der Waals surface area contributed by atoms with Gasteiger partial charge in [-0.3, -0.25) is 0 Å². The number of aromatic nitrogens is 2. The molecule has 2 heterocycles. The normalized spacial score (nSPS) is 11.5. The summed E-state index contributed by atoms with van der Waals surface area (Å²) in [6, 6.07) is 7.93. The smallest absolute Gasteiger partial charge is 0.149 e. The second-order valence-corrected chi connectivity index (χ2v) is 5.44. The lowest BCUT2D eigenvalue weighted by Crippen LogP contribution is -2.39. The molecule has 2 aromatic heterocycles. The highest BCUT2D eigenvalue weighted by molar-refractivity contribution is 7.13. The quantitative estimate of drug-likeness (QED) is 0.871. The third-order valence-electron chi connectivity index (χ3n) is 2.41. The molecule has 0 saturated carbocycles. The number of anilines is 1. The minimum atomic E-state index is -0.168. The fourth-order valence-corrected chi connectivity index (χ4v) is 2.04. The van der Waals surface area contributed by atoms with Gasteiger partial charge in [0.1, 0.15) is 11.5 Å². The van der Waals surface area contributed by atoms with E-state index in [4.69, 9.17) is 5.73 Å². The van der Waals surface area contributed by atoms with Gasteiger partial charge in [-0.15, -0.1) is 21.5 Å². The Morgan fingerprint density at radius 2 is 2.12 bits per heavy atom. The molecule has 0 aliphatic rings. The first-order valence-corrected chi connectivity index (χ1v) is 6.34. The van der Waals surface area contributed by atoms with Crippen molar-refractivity contribution in [3.63, 3.8) is 0 Å². The van der Waals surface area contributed by atoms with E-state index in [0.29, 0.717) is 6.54 Å². The Morgan fingerprint density at radius 3 is 2.65 bits per heavy atom. The maximum absolute atomic E-state index is 5.65. The standard InChI is InChI=1S/C12H16N4S/c1-12(2,8-13)14-11-6-5-9(15-16-11)10-4-3-7-17-10/h3-7H,8,13H2,1-2H3,(H,14,16). The van der Waals surface area contributed by atoms with Crippen molar-refractivity contribution in [3.05, 3.63) is 29.6 Å². The lowest BCUT2D eigenvalue weighted by Gasteiger charge is -2.24. The van der Waals surface area contributed by atoms with E-state index >= 15 is 0 Å². The Balaban J connectivity index is 2.14. The van der Waals surface area contributed by atoms with Gasteiger partial charge >= 0.3 is 0 Å². The van der Waals surface area contributed by atoms with Gasteiger partial charge in [-0.2, -0.15) is 0 Å². The second-order valence-electron chi connectivity index (χ2n) is 4.49. The number of rotatable bonds is 4. The minimum absolute atomic E-state index is 0.168. The number of hydrogen-bond donors (Lipinski definition) is 2. The average Bonchev–Trinajstić information content (AvgIpc) is 2.83. The number of nitrogens with one attached hydrogen (secondary N) is 1. The number of thiophene rings is 1. The Labute approximate surface area is 105 Å². The van der Waals surface area contributed by atoms with Gasteiger partial charge in [0, 0.05) is 12.1 Å². The van der Waals surface area contributed by atoms with Crippen molar-refractivity contribution < 1.29 is 0 Å². The Kier molecular flexibility index (Phi) is 3.40. The molecular weight excluding hydrogens is 232 g/mol. The van der Waals surface area contributed by atoms with Crippen LogP contribution in [0, 0.1) is 0 Å². The SMILES string of the molecule is CC(C)(CN)Nc1ccc(-c2cccs2)nn1. The molecule has 0 spiro atoms. The van der Waals surface area contributed by atoms with Crippen LogP contribution in [0.4, 0.5) is 5.82 Å². The van der Waals surface area contributed by atoms with Gasteiger partial charge in [0.25, 0.3) is 0 Å². The number of nitrogens with zero attached hydrogens (tertiary/aromatic N) is 2. The third kappa shape index (κ3) is 3.01. The minimum Gasteiger partial charge on any atom is -0.362 e. The number of hydrogen-bond acceptors (Lipinski definition) is 5. The average molecular weight is 248 g/mol. The number of nitrogens with two attached hydrogens (primary N) is 1. The lowest BCUT2D eigenvalue weighted by molar-refractivity contribution is 0.576. The van der Waals surface area contributed by atoms with Crippen LogP contribution in [-0.2, 0) is 0 Å². The van der Waals surface area contributed by atoms with E-state index < -0.39 is 0 Å². The Hall–Kier alpha value is -1.46. The topological polar surface area (TPSA) is 63.8 Å². The summed E-state index contributed by atoms with van der Waals surface area (Å²) in [7, 11) is 0. The summed E-state index contributed by atoms with van der Waals surface area (Å²) < 4.78 is 0. The van der Waals surface area contributed by atoms with Crippen molar-refractivity contribution >= 4 is 17.2 Å². The zero-order valence-corrected chi connectivity index (χ0v) is 10.8. The highest BCUT2D eigenvalue weighted by Crippen LogP contribution is 2.22. The highest BCUT2D eigenvalue weighted by atomic mass is 32.1. The summed E-state index contributed by atoms with van der Waals surface area (Å²) in [4.78, 5) is 1.13. The molecular formula is C12H16N4S. The highest BCUT2D eigenvalue weighted by Gasteiger charge is 2.15. The van der Waals surface area contributed by atoms with Crippen LogP contribution in [0.15, 0.2) is 29.6 Å². The molecule has 0 saturated heterocycles. The molecule has 4 nitrogen and oxygen atoms in total. The van der Waals surface area contributed by atoms with Crippen LogP contribution >= 0.6 is 11.3 Å². The molecule has 0 fully saturated rings. The molecule has 0 radical (unpaired) electrons. The maximum atomic E-state index is 5.65. The van der Waals surface area contributed by atoms with Gasteiger partial charge < -0.3 is 11.1 Å². The van der Waals surface area contributed by atoms with Crippen molar-refractivity contribution in [3.8, 4) is 10.6 Å². The summed E-state index contributed by atoms with van der Waals surface area (Å²) >= 11 is 1.66. The first kappa shape index (κ1) is 12.0. The molecule has 0 unspecified atom stereocenters. The zero-order valence-electron chi connectivity index (χ0n) is 9.97. The summed E-state index contributed by atoms with van der Waals surface area (Å²) in [6.07, 6.45) is 0. The molecule has 0 amide bonds. The molecule has 2 rings (SSSR count). The summed E-state index contributed by atoms with van der Waals surface area (Å²) in [5.74, 6) is 0.751. The lowest BCUT2D eigenvalue weighted by atomic mass is 10.1. The van der Waals surface area contributed by atoms with Crippen LogP contribution in [0.1, 0.15) is 13.8 Å². The van der Waals surface area contributed by atoms with Gasteiger partial charge in [-0.1, -0.05) is 6.07 Å². The van der Waals surface area contributed by atoms with E-state index in [9.17, 15) is 0 Å². The van der Waals surface area contributed by atoms with E-state index in [2.05, 4.69) is 15.5 Å². The van der Waals surface area contributed by atoms with Crippen LogP contribution < -0.4 is 11.1 Å². The van der Waals surface area contributed by atoms with Gasteiger partial charge in [0.2, 0.25) is 0 Å². The molecule has 5 heteroatoms. The summed E-state index contributed by atoms with van der Waals surface area (Å²) in [5.41, 5.74) is 6.38. The molecule has 0 atom stereocenters. The fourth-order valence-electron chi connectivity index (χ4n) is 1.35. The van der Waals surface area contributed by atoms with E-state index in [1.54, 1.807) is 11.3 Å². The first-order chi connectivity index (χ1) is 8.11. The Bertz CT molecular complexity index is 462. The fraction of sp³-hybridized carbons (Fsp3) is 0.333. The van der Waals surface area contributed by atoms with Crippen molar-refractivity contribution in [2.45, 2.75) is 19.4 Å². The third-order valence-corrected chi connectivity index (χ3v) is 3.31. The molecule has 0 aromatic carbocycles. The summed E-state index contributed by atoms with van der Waals surface area (Å²) in [6.45, 7) is 4.60. The van der Waals surface area contributed by atoms with Crippen LogP contribution in [0.5, 0.6) is 0 Å². The van der Waals surface area contributed by atoms with Crippen molar-refractivity contribution in [1.29, 1.82) is 0 Å². The van der Waals surface area contributed by atoms with E-state index in [-0.39, 0.29) is 5.54 Å². The molecule has 0 aliphatic heterocycles. The molecule has 3 N–H and O–H groups in total. The molecule has 17 heavy (non-hydrogen) atoms. The summed E-state index contributed by atoms with van der Waals surface area (Å²) in [5, 5.41) is 13.6. The van der Waals surface area contributed by atoms with Crippen molar-refractivity contribution in [1.82, 2.24) is 10.2 Å². The predicted molar refractivity (Wildman–Crippen MR) is 72.1 cm³/mol. The largest absolute Gasteiger partial charge is 0.362 e. The van der Waals surface area contributed by atoms with Gasteiger partial charge in [-0.05, 0) is 37.4 Å². The molecule has 0 bridgehead atoms. The van der Waals surface area contributed by atoms with Gasteiger partial charge in [0.15, 0.2) is 0 Å². The zero-order chi connectivity index (χ0) is 12.3. The monoisotopic (exact) mass is 248 g/mol. The molecule has 90 valence electrons. The van der Waals surface area contributed by atoms with Crippen molar-refractivity contribution in [2.24, 2.45) is 5.73 Å². The van der Waals surface area contributed by atoms with Gasteiger partial charge in [-0.25, -0.2) is 0 Å². The van der Waals surface area contributed by atoms with E-state index in [1.807, 2.05) is 43.5 Å². The second kappa shape index (κ2) is 4.81. The maximum Gasteiger partial charge on any atom is 0.149 e. The first-order valence-electron chi connectivity index (χ1n) is 5.46. The van der Waals surface area contributed by atoms with E-state index in [1.165, 1.54) is 0 Å².